The van der Waals surface area contributed by atoms with Crippen LogP contribution in [0.15, 0.2) is 4.99 Å². The number of amidine groups is 1. The van der Waals surface area contributed by atoms with E-state index < -0.39 is 0 Å². The lowest BCUT2D eigenvalue weighted by Gasteiger charge is -2.33. The largest absolute Gasteiger partial charge is 0.360 e. The second-order valence-corrected chi connectivity index (χ2v) is 5.51. The van der Waals surface area contributed by atoms with Crippen LogP contribution in [0.2, 0.25) is 0 Å². The molecule has 86 valence electrons. The molecule has 0 aromatic heterocycles. The van der Waals surface area contributed by atoms with Gasteiger partial charge in [-0.05, 0) is 31.1 Å². The molecule has 0 aliphatic carbocycles. The van der Waals surface area contributed by atoms with Gasteiger partial charge in [0.25, 0.3) is 0 Å². The van der Waals surface area contributed by atoms with Crippen LogP contribution in [0, 0.1) is 11.8 Å². The first-order chi connectivity index (χ1) is 7.25. The lowest BCUT2D eigenvalue weighted by atomic mass is 9.95. The van der Waals surface area contributed by atoms with Gasteiger partial charge < -0.3 is 4.90 Å². The maximum Gasteiger partial charge on any atom is 0.0989 e. The first kappa shape index (κ1) is 11.0. The Morgan fingerprint density at radius 2 is 2.20 bits per heavy atom. The first-order valence-corrected chi connectivity index (χ1v) is 6.54. The van der Waals surface area contributed by atoms with Gasteiger partial charge >= 0.3 is 0 Å². The van der Waals surface area contributed by atoms with Crippen LogP contribution in [0.25, 0.3) is 0 Å². The fourth-order valence-corrected chi connectivity index (χ4v) is 2.85. The third-order valence-electron chi connectivity index (χ3n) is 3.51. The van der Waals surface area contributed by atoms with Crippen molar-refractivity contribution in [2.24, 2.45) is 16.8 Å². The summed E-state index contributed by atoms with van der Waals surface area (Å²) in [5.74, 6) is 3.04. The maximum absolute atomic E-state index is 4.79. The number of rotatable bonds is 2. The van der Waals surface area contributed by atoms with Crippen molar-refractivity contribution < 1.29 is 0 Å². The zero-order valence-corrected chi connectivity index (χ0v) is 10.2. The monoisotopic (exact) mass is 208 g/mol. The number of fused-ring (bicyclic) bond motifs is 1. The SMILES string of the molecule is CC(C)CC1CN=C2CCCCCN2C1. The summed E-state index contributed by atoms with van der Waals surface area (Å²) in [7, 11) is 0. The van der Waals surface area contributed by atoms with Crippen LogP contribution in [-0.4, -0.2) is 30.4 Å². The van der Waals surface area contributed by atoms with Gasteiger partial charge in [0.2, 0.25) is 0 Å². The molecule has 1 fully saturated rings. The molecule has 2 nitrogen and oxygen atoms in total. The Labute approximate surface area is 93.8 Å². The smallest absolute Gasteiger partial charge is 0.0989 e. The van der Waals surface area contributed by atoms with E-state index in [9.17, 15) is 0 Å². The highest BCUT2D eigenvalue weighted by molar-refractivity contribution is 5.83. The molecule has 0 amide bonds. The highest BCUT2D eigenvalue weighted by Crippen LogP contribution is 2.22. The van der Waals surface area contributed by atoms with E-state index in [1.54, 1.807) is 0 Å². The number of hydrogen-bond donors (Lipinski definition) is 0. The Bertz CT molecular complexity index is 233. The molecule has 1 unspecified atom stereocenters. The lowest BCUT2D eigenvalue weighted by Crippen LogP contribution is -2.40. The van der Waals surface area contributed by atoms with Gasteiger partial charge in [-0.25, -0.2) is 0 Å². The van der Waals surface area contributed by atoms with Gasteiger partial charge in [0.15, 0.2) is 0 Å². The van der Waals surface area contributed by atoms with Crippen molar-refractivity contribution in [2.75, 3.05) is 19.6 Å². The Kier molecular flexibility index (Phi) is 3.66. The van der Waals surface area contributed by atoms with E-state index in [1.807, 2.05) is 0 Å². The van der Waals surface area contributed by atoms with Crippen molar-refractivity contribution in [3.8, 4) is 0 Å². The molecule has 1 atom stereocenters. The Balaban J connectivity index is 1.94. The third kappa shape index (κ3) is 2.96. The highest BCUT2D eigenvalue weighted by atomic mass is 15.2. The zero-order valence-electron chi connectivity index (χ0n) is 10.2. The van der Waals surface area contributed by atoms with Gasteiger partial charge in [0.05, 0.1) is 5.84 Å². The van der Waals surface area contributed by atoms with Gasteiger partial charge in [-0.2, -0.15) is 0 Å². The molecular formula is C13H24N2. The van der Waals surface area contributed by atoms with Crippen LogP contribution in [0.3, 0.4) is 0 Å². The summed E-state index contributed by atoms with van der Waals surface area (Å²) in [6.45, 7) is 8.26. The van der Waals surface area contributed by atoms with Gasteiger partial charge in [0.1, 0.15) is 0 Å². The van der Waals surface area contributed by atoms with Gasteiger partial charge in [-0.3, -0.25) is 4.99 Å². The summed E-state index contributed by atoms with van der Waals surface area (Å²) in [5.41, 5.74) is 0. The summed E-state index contributed by atoms with van der Waals surface area (Å²) in [6, 6.07) is 0. The van der Waals surface area contributed by atoms with Gasteiger partial charge in [0, 0.05) is 26.1 Å². The van der Waals surface area contributed by atoms with Crippen molar-refractivity contribution in [3.05, 3.63) is 0 Å². The third-order valence-corrected chi connectivity index (χ3v) is 3.51. The minimum atomic E-state index is 0.812. The predicted octanol–water partition coefficient (Wildman–Crippen LogP) is 2.94. The number of nitrogens with zero attached hydrogens (tertiary/aromatic N) is 2. The molecule has 2 rings (SSSR count). The summed E-state index contributed by atoms with van der Waals surface area (Å²) >= 11 is 0. The Morgan fingerprint density at radius 3 is 3.00 bits per heavy atom. The summed E-state index contributed by atoms with van der Waals surface area (Å²) in [5, 5.41) is 0. The molecule has 0 aromatic carbocycles. The van der Waals surface area contributed by atoms with Crippen LogP contribution >= 0.6 is 0 Å². The average Bonchev–Trinajstić information content (AvgIpc) is 2.41. The van der Waals surface area contributed by atoms with E-state index in [4.69, 9.17) is 4.99 Å². The van der Waals surface area contributed by atoms with Crippen molar-refractivity contribution in [2.45, 2.75) is 46.0 Å². The Morgan fingerprint density at radius 1 is 1.33 bits per heavy atom. The molecule has 0 N–H and O–H groups in total. The van der Waals surface area contributed by atoms with Gasteiger partial charge in [-0.15, -0.1) is 0 Å². The molecule has 1 saturated heterocycles. The van der Waals surface area contributed by atoms with Crippen LogP contribution in [0.4, 0.5) is 0 Å². The van der Waals surface area contributed by atoms with Crippen molar-refractivity contribution in [3.63, 3.8) is 0 Å². The molecule has 0 bridgehead atoms. The molecule has 0 radical (unpaired) electrons. The molecule has 2 heterocycles. The lowest BCUT2D eigenvalue weighted by molar-refractivity contribution is 0.285. The number of aliphatic imine (C=N–C) groups is 1. The predicted molar refractivity (Wildman–Crippen MR) is 65.3 cm³/mol. The topological polar surface area (TPSA) is 15.6 Å². The average molecular weight is 208 g/mol. The molecule has 2 heteroatoms. The second-order valence-electron chi connectivity index (χ2n) is 5.51. The summed E-state index contributed by atoms with van der Waals surface area (Å²) < 4.78 is 0. The van der Waals surface area contributed by atoms with E-state index >= 15 is 0 Å². The van der Waals surface area contributed by atoms with E-state index in [0.717, 1.165) is 18.4 Å². The first-order valence-electron chi connectivity index (χ1n) is 6.54. The molecule has 0 saturated carbocycles. The van der Waals surface area contributed by atoms with Crippen LogP contribution in [-0.2, 0) is 0 Å². The molecule has 15 heavy (non-hydrogen) atoms. The normalized spacial score (nSPS) is 27.3. The molecule has 0 spiro atoms. The van der Waals surface area contributed by atoms with E-state index in [0.29, 0.717) is 0 Å². The van der Waals surface area contributed by atoms with Crippen LogP contribution < -0.4 is 0 Å². The van der Waals surface area contributed by atoms with E-state index in [-0.39, 0.29) is 0 Å². The molecular weight excluding hydrogens is 184 g/mol. The molecule has 2 aliphatic heterocycles. The minimum absolute atomic E-state index is 0.812. The van der Waals surface area contributed by atoms with Crippen molar-refractivity contribution >= 4 is 5.84 Å². The standard InChI is InChI=1S/C13H24N2/c1-11(2)8-12-9-14-13-6-4-3-5-7-15(13)10-12/h11-12H,3-10H2,1-2H3. The maximum atomic E-state index is 4.79. The molecule has 2 aliphatic rings. The second kappa shape index (κ2) is 5.00. The number of hydrogen-bond acceptors (Lipinski definition) is 2. The minimum Gasteiger partial charge on any atom is -0.360 e. The van der Waals surface area contributed by atoms with Crippen LogP contribution in [0.1, 0.15) is 46.0 Å². The summed E-state index contributed by atoms with van der Waals surface area (Å²) in [4.78, 5) is 7.35. The molecule has 0 aromatic rings. The van der Waals surface area contributed by atoms with E-state index in [1.165, 1.54) is 51.0 Å². The van der Waals surface area contributed by atoms with Crippen molar-refractivity contribution in [1.29, 1.82) is 0 Å². The fourth-order valence-electron chi connectivity index (χ4n) is 2.85. The fraction of sp³-hybridized carbons (Fsp3) is 0.923. The zero-order chi connectivity index (χ0) is 10.7. The van der Waals surface area contributed by atoms with Gasteiger partial charge in [-0.1, -0.05) is 20.3 Å². The van der Waals surface area contributed by atoms with E-state index in [2.05, 4.69) is 18.7 Å². The quantitative estimate of drug-likeness (QED) is 0.681. The van der Waals surface area contributed by atoms with Crippen molar-refractivity contribution in [1.82, 2.24) is 4.90 Å². The highest BCUT2D eigenvalue weighted by Gasteiger charge is 2.23. The Hall–Kier alpha value is -0.530. The summed E-state index contributed by atoms with van der Waals surface area (Å²) in [6.07, 6.45) is 6.68. The van der Waals surface area contributed by atoms with Crippen LogP contribution in [0.5, 0.6) is 0 Å².